The van der Waals surface area contributed by atoms with Crippen molar-refractivity contribution in [2.75, 3.05) is 12.4 Å². The predicted octanol–water partition coefficient (Wildman–Crippen LogP) is 5.80. The molecule has 0 radical (unpaired) electrons. The molecule has 1 aliphatic heterocycles. The van der Waals surface area contributed by atoms with E-state index in [0.717, 1.165) is 37.5 Å². The minimum Gasteiger partial charge on any atom is -0.496 e. The number of methoxy groups -OCH3 is 1. The number of thiophene rings is 1. The maximum absolute atomic E-state index is 13.6. The molecule has 1 N–H and O–H groups in total. The van der Waals surface area contributed by atoms with E-state index in [2.05, 4.69) is 21.2 Å². The number of amides is 1. The highest BCUT2D eigenvalue weighted by molar-refractivity contribution is 9.10. The van der Waals surface area contributed by atoms with Gasteiger partial charge in [0.1, 0.15) is 11.6 Å². The Bertz CT molecular complexity index is 1000. The lowest BCUT2D eigenvalue weighted by Gasteiger charge is -2.24. The number of rotatable bonds is 3. The highest BCUT2D eigenvalue weighted by Crippen LogP contribution is 2.47. The molecule has 132 valence electrons. The zero-order chi connectivity index (χ0) is 18.3. The number of halogens is 2. The molecule has 1 atom stereocenters. The second kappa shape index (κ2) is 6.85. The molecule has 0 saturated heterocycles. The quantitative estimate of drug-likeness (QED) is 0.568. The van der Waals surface area contributed by atoms with Gasteiger partial charge in [-0.3, -0.25) is 4.79 Å². The van der Waals surface area contributed by atoms with E-state index < -0.39 is 0 Å². The van der Waals surface area contributed by atoms with Crippen molar-refractivity contribution in [3.63, 3.8) is 0 Å². The van der Waals surface area contributed by atoms with Crippen molar-refractivity contribution in [1.29, 1.82) is 0 Å². The molecule has 0 bridgehead atoms. The van der Waals surface area contributed by atoms with Gasteiger partial charge in [-0.25, -0.2) is 4.39 Å². The molecule has 1 aromatic heterocycles. The van der Waals surface area contributed by atoms with Crippen molar-refractivity contribution >= 4 is 38.9 Å². The van der Waals surface area contributed by atoms with Crippen LogP contribution in [0.25, 0.3) is 11.1 Å². The number of benzene rings is 2. The molecular weight excluding hydrogens is 417 g/mol. The average molecular weight is 432 g/mol. The van der Waals surface area contributed by atoms with Crippen LogP contribution in [0.5, 0.6) is 5.75 Å². The van der Waals surface area contributed by atoms with E-state index in [9.17, 15) is 9.18 Å². The van der Waals surface area contributed by atoms with E-state index >= 15 is 0 Å². The molecule has 2 heterocycles. The lowest BCUT2D eigenvalue weighted by molar-refractivity contribution is -0.116. The number of carbonyl (C=O) groups excluding carboxylic acids is 1. The SMILES string of the molecule is COc1ccc(C2CC(=O)Nc3c(-c4cccc(F)c4)csc32)cc1Br. The van der Waals surface area contributed by atoms with Gasteiger partial charge in [-0.2, -0.15) is 0 Å². The molecule has 0 aliphatic carbocycles. The molecular formula is C20H15BrFNO2S. The third-order valence-corrected chi connectivity index (χ3v) is 6.22. The number of nitrogens with one attached hydrogen (secondary N) is 1. The zero-order valence-electron chi connectivity index (χ0n) is 13.9. The lowest BCUT2D eigenvalue weighted by Crippen LogP contribution is -2.22. The van der Waals surface area contributed by atoms with Gasteiger partial charge in [0.15, 0.2) is 0 Å². The average Bonchev–Trinajstić information content (AvgIpc) is 3.04. The predicted molar refractivity (Wildman–Crippen MR) is 105 cm³/mol. The van der Waals surface area contributed by atoms with Crippen molar-refractivity contribution < 1.29 is 13.9 Å². The normalized spacial score (nSPS) is 16.1. The first-order valence-electron chi connectivity index (χ1n) is 8.07. The second-order valence-electron chi connectivity index (χ2n) is 6.10. The molecule has 1 amide bonds. The molecule has 0 saturated carbocycles. The zero-order valence-corrected chi connectivity index (χ0v) is 16.3. The molecule has 0 spiro atoms. The first-order chi connectivity index (χ1) is 12.6. The molecule has 2 aromatic carbocycles. The van der Waals surface area contributed by atoms with Gasteiger partial charge in [-0.1, -0.05) is 18.2 Å². The monoisotopic (exact) mass is 431 g/mol. The summed E-state index contributed by atoms with van der Waals surface area (Å²) in [6.07, 6.45) is 0.384. The number of hydrogen-bond donors (Lipinski definition) is 1. The Kier molecular flexibility index (Phi) is 4.54. The van der Waals surface area contributed by atoms with E-state index in [-0.39, 0.29) is 17.6 Å². The molecule has 3 nitrogen and oxygen atoms in total. The van der Waals surface area contributed by atoms with Crippen molar-refractivity contribution in [2.24, 2.45) is 0 Å². The maximum atomic E-state index is 13.6. The van der Waals surface area contributed by atoms with Crippen molar-refractivity contribution in [3.05, 3.63) is 68.6 Å². The van der Waals surface area contributed by atoms with Crippen LogP contribution in [0.15, 0.2) is 52.3 Å². The number of carbonyl (C=O) groups is 1. The molecule has 6 heteroatoms. The fourth-order valence-electron chi connectivity index (χ4n) is 3.26. The van der Waals surface area contributed by atoms with Crippen LogP contribution in [-0.2, 0) is 4.79 Å². The third-order valence-electron chi connectivity index (χ3n) is 4.50. The van der Waals surface area contributed by atoms with Crippen LogP contribution < -0.4 is 10.1 Å². The second-order valence-corrected chi connectivity index (χ2v) is 7.86. The molecule has 3 aromatic rings. The van der Waals surface area contributed by atoms with Gasteiger partial charge < -0.3 is 10.1 Å². The van der Waals surface area contributed by atoms with Gasteiger partial charge in [0.05, 0.1) is 17.3 Å². The fourth-order valence-corrected chi connectivity index (χ4v) is 4.98. The van der Waals surface area contributed by atoms with E-state index in [4.69, 9.17) is 4.74 Å². The first kappa shape index (κ1) is 17.2. The first-order valence-corrected chi connectivity index (χ1v) is 9.74. The Morgan fingerprint density at radius 2 is 2.12 bits per heavy atom. The van der Waals surface area contributed by atoms with Gasteiger partial charge in [-0.15, -0.1) is 11.3 Å². The van der Waals surface area contributed by atoms with Crippen molar-refractivity contribution in [2.45, 2.75) is 12.3 Å². The highest BCUT2D eigenvalue weighted by Gasteiger charge is 2.30. The van der Waals surface area contributed by atoms with Crippen molar-refractivity contribution in [1.82, 2.24) is 0 Å². The van der Waals surface area contributed by atoms with E-state index in [1.807, 2.05) is 29.6 Å². The number of hydrogen-bond acceptors (Lipinski definition) is 3. The van der Waals surface area contributed by atoms with Gasteiger partial charge in [0, 0.05) is 28.2 Å². The molecule has 0 fully saturated rings. The van der Waals surface area contributed by atoms with Gasteiger partial charge in [0.2, 0.25) is 5.91 Å². The summed E-state index contributed by atoms with van der Waals surface area (Å²) in [5.41, 5.74) is 3.45. The summed E-state index contributed by atoms with van der Waals surface area (Å²) in [7, 11) is 1.62. The highest BCUT2D eigenvalue weighted by atomic mass is 79.9. The van der Waals surface area contributed by atoms with Crippen LogP contribution in [0.2, 0.25) is 0 Å². The minimum absolute atomic E-state index is 0.0340. The van der Waals surface area contributed by atoms with Gasteiger partial charge in [0.25, 0.3) is 0 Å². The lowest BCUT2D eigenvalue weighted by atomic mass is 9.89. The summed E-state index contributed by atoms with van der Waals surface area (Å²) in [5, 5.41) is 4.96. The Hall–Kier alpha value is -2.18. The van der Waals surface area contributed by atoms with Crippen LogP contribution >= 0.6 is 27.3 Å². The van der Waals surface area contributed by atoms with Crippen LogP contribution in [0.1, 0.15) is 22.8 Å². The molecule has 4 rings (SSSR count). The molecule has 26 heavy (non-hydrogen) atoms. The number of ether oxygens (including phenoxy) is 1. The topological polar surface area (TPSA) is 38.3 Å². The summed E-state index contributed by atoms with van der Waals surface area (Å²) in [6, 6.07) is 12.3. The third kappa shape index (κ3) is 3.04. The van der Waals surface area contributed by atoms with Crippen LogP contribution in [-0.4, -0.2) is 13.0 Å². The summed E-state index contributed by atoms with van der Waals surface area (Å²) in [6.45, 7) is 0. The Morgan fingerprint density at radius 3 is 2.85 bits per heavy atom. The smallest absolute Gasteiger partial charge is 0.225 e. The summed E-state index contributed by atoms with van der Waals surface area (Å²) >= 11 is 5.10. The fraction of sp³-hybridized carbons (Fsp3) is 0.150. The van der Waals surface area contributed by atoms with E-state index in [1.165, 1.54) is 12.1 Å². The maximum Gasteiger partial charge on any atom is 0.225 e. The minimum atomic E-state index is -0.291. The van der Waals surface area contributed by atoms with Crippen LogP contribution in [0.3, 0.4) is 0 Å². The van der Waals surface area contributed by atoms with E-state index in [0.29, 0.717) is 6.42 Å². The Morgan fingerprint density at radius 1 is 1.27 bits per heavy atom. The largest absolute Gasteiger partial charge is 0.496 e. The summed E-state index contributed by atoms with van der Waals surface area (Å²) < 4.78 is 19.8. The molecule has 1 unspecified atom stereocenters. The Balaban J connectivity index is 1.80. The Labute approximate surface area is 162 Å². The van der Waals surface area contributed by atoms with Gasteiger partial charge >= 0.3 is 0 Å². The number of anilines is 1. The summed E-state index contributed by atoms with van der Waals surface area (Å²) in [5.74, 6) is 0.389. The van der Waals surface area contributed by atoms with Crippen LogP contribution in [0, 0.1) is 5.82 Å². The van der Waals surface area contributed by atoms with Crippen molar-refractivity contribution in [3.8, 4) is 16.9 Å². The van der Waals surface area contributed by atoms with Crippen LogP contribution in [0.4, 0.5) is 10.1 Å². The number of fused-ring (bicyclic) bond motifs is 1. The van der Waals surface area contributed by atoms with Gasteiger partial charge in [-0.05, 0) is 51.3 Å². The molecule has 1 aliphatic rings. The van der Waals surface area contributed by atoms with E-state index in [1.54, 1.807) is 24.5 Å². The standard InChI is InChI=1S/C20H15BrFNO2S/c1-25-17-6-5-12(8-16(17)21)14-9-18(24)23-19-15(10-26-20(14)19)11-3-2-4-13(22)7-11/h2-8,10,14H,9H2,1H3,(H,23,24). The summed E-state index contributed by atoms with van der Waals surface area (Å²) in [4.78, 5) is 13.4.